The first-order valence-electron chi connectivity index (χ1n) is 10.4. The minimum Gasteiger partial charge on any atom is -0.299 e. The van der Waals surface area contributed by atoms with Gasteiger partial charge in [0, 0.05) is 27.2 Å². The van der Waals surface area contributed by atoms with Crippen molar-refractivity contribution in [2.45, 2.75) is 24.3 Å². The Hall–Kier alpha value is -2.49. The standard InChI is InChI=1S/C22H27FN4O3S/c1-25-20-8-7-19(13-21(20)26(2)22(25)28)31(29,30)24-14-16-9-11-27(12-10-16)15-17-3-5-18(23)6-4-17/h3-8,13,16,24H,9-12,14-15H2,1-2H3. The van der Waals surface area contributed by atoms with Crippen LogP contribution < -0.4 is 10.4 Å². The van der Waals surface area contributed by atoms with Crippen LogP contribution in [0.5, 0.6) is 0 Å². The molecule has 2 aromatic carbocycles. The number of likely N-dealkylation sites (tertiary alicyclic amines) is 1. The molecule has 1 aromatic heterocycles. The molecule has 31 heavy (non-hydrogen) atoms. The largest absolute Gasteiger partial charge is 0.328 e. The molecular weight excluding hydrogens is 419 g/mol. The van der Waals surface area contributed by atoms with Gasteiger partial charge in [0.05, 0.1) is 15.9 Å². The minimum absolute atomic E-state index is 0.162. The molecule has 9 heteroatoms. The maximum absolute atomic E-state index is 13.0. The number of aromatic nitrogens is 2. The van der Waals surface area contributed by atoms with Crippen LogP contribution in [-0.2, 0) is 30.7 Å². The Morgan fingerprint density at radius 2 is 1.65 bits per heavy atom. The summed E-state index contributed by atoms with van der Waals surface area (Å²) in [6.45, 7) is 2.91. The van der Waals surface area contributed by atoms with Gasteiger partial charge in [-0.15, -0.1) is 0 Å². The monoisotopic (exact) mass is 446 g/mol. The van der Waals surface area contributed by atoms with Crippen LogP contribution in [0.4, 0.5) is 4.39 Å². The Labute approximate surface area is 181 Å². The quantitative estimate of drug-likeness (QED) is 0.630. The zero-order valence-corrected chi connectivity index (χ0v) is 18.5. The molecule has 166 valence electrons. The predicted molar refractivity (Wildman–Crippen MR) is 118 cm³/mol. The molecule has 3 aromatic rings. The van der Waals surface area contributed by atoms with E-state index in [1.807, 2.05) is 0 Å². The molecule has 0 saturated carbocycles. The highest BCUT2D eigenvalue weighted by atomic mass is 32.2. The molecule has 1 N–H and O–H groups in total. The highest BCUT2D eigenvalue weighted by Gasteiger charge is 2.23. The molecule has 7 nitrogen and oxygen atoms in total. The van der Waals surface area contributed by atoms with E-state index in [1.54, 1.807) is 38.4 Å². The second-order valence-corrected chi connectivity index (χ2v) is 10.0. The van der Waals surface area contributed by atoms with E-state index in [-0.39, 0.29) is 22.3 Å². The summed E-state index contributed by atoms with van der Waals surface area (Å²) in [4.78, 5) is 14.5. The fraction of sp³-hybridized carbons (Fsp3) is 0.409. The van der Waals surface area contributed by atoms with Crippen molar-refractivity contribution in [3.8, 4) is 0 Å². The topological polar surface area (TPSA) is 76.3 Å². The van der Waals surface area contributed by atoms with E-state index in [9.17, 15) is 17.6 Å². The number of halogens is 1. The lowest BCUT2D eigenvalue weighted by molar-refractivity contribution is 0.178. The number of piperidine rings is 1. The molecule has 0 amide bonds. The molecule has 0 atom stereocenters. The average molecular weight is 447 g/mol. The van der Waals surface area contributed by atoms with Gasteiger partial charge in [0.15, 0.2) is 0 Å². The van der Waals surface area contributed by atoms with Gasteiger partial charge < -0.3 is 0 Å². The molecule has 0 radical (unpaired) electrons. The second kappa shape index (κ2) is 8.57. The SMILES string of the molecule is Cn1c(=O)n(C)c2cc(S(=O)(=O)NCC3CCN(Cc4ccc(F)cc4)CC3)ccc21. The fourth-order valence-corrected chi connectivity index (χ4v) is 5.30. The molecule has 4 rings (SSSR count). The van der Waals surface area contributed by atoms with Crippen molar-refractivity contribution >= 4 is 21.1 Å². The van der Waals surface area contributed by atoms with E-state index in [2.05, 4.69) is 9.62 Å². The smallest absolute Gasteiger partial charge is 0.299 e. The van der Waals surface area contributed by atoms with Crippen LogP contribution in [0.1, 0.15) is 18.4 Å². The lowest BCUT2D eigenvalue weighted by Crippen LogP contribution is -2.38. The van der Waals surface area contributed by atoms with E-state index in [4.69, 9.17) is 0 Å². The van der Waals surface area contributed by atoms with Crippen LogP contribution in [-0.4, -0.2) is 42.1 Å². The Balaban J connectivity index is 1.35. The molecule has 2 heterocycles. The first kappa shape index (κ1) is 21.7. The molecule has 0 spiro atoms. The number of rotatable bonds is 6. The van der Waals surface area contributed by atoms with Crippen molar-refractivity contribution in [1.29, 1.82) is 0 Å². The van der Waals surface area contributed by atoms with Crippen molar-refractivity contribution in [2.75, 3.05) is 19.6 Å². The van der Waals surface area contributed by atoms with Gasteiger partial charge in [0.2, 0.25) is 10.0 Å². The number of aryl methyl sites for hydroxylation is 2. The summed E-state index contributed by atoms with van der Waals surface area (Å²) >= 11 is 0. The highest BCUT2D eigenvalue weighted by Crippen LogP contribution is 2.21. The maximum Gasteiger partial charge on any atom is 0.328 e. The van der Waals surface area contributed by atoms with Crippen LogP contribution >= 0.6 is 0 Å². The van der Waals surface area contributed by atoms with E-state index >= 15 is 0 Å². The van der Waals surface area contributed by atoms with E-state index in [0.29, 0.717) is 17.6 Å². The molecule has 1 aliphatic heterocycles. The van der Waals surface area contributed by atoms with Crippen LogP contribution in [0, 0.1) is 11.7 Å². The first-order valence-corrected chi connectivity index (χ1v) is 11.8. The summed E-state index contributed by atoms with van der Waals surface area (Å²) in [5, 5.41) is 0. The fourth-order valence-electron chi connectivity index (χ4n) is 4.16. The molecule has 0 bridgehead atoms. The van der Waals surface area contributed by atoms with Crippen LogP contribution in [0.3, 0.4) is 0 Å². The predicted octanol–water partition coefficient (Wildman–Crippen LogP) is 2.21. The summed E-state index contributed by atoms with van der Waals surface area (Å²) in [7, 11) is -0.362. The lowest BCUT2D eigenvalue weighted by Gasteiger charge is -2.32. The van der Waals surface area contributed by atoms with E-state index < -0.39 is 10.0 Å². The number of imidazole rings is 1. The van der Waals surface area contributed by atoms with Crippen molar-refractivity contribution in [2.24, 2.45) is 20.0 Å². The van der Waals surface area contributed by atoms with Gasteiger partial charge in [-0.25, -0.2) is 22.3 Å². The summed E-state index contributed by atoms with van der Waals surface area (Å²) < 4.78 is 44.4. The van der Waals surface area contributed by atoms with Gasteiger partial charge in [0.25, 0.3) is 0 Å². The number of fused-ring (bicyclic) bond motifs is 1. The van der Waals surface area contributed by atoms with Crippen LogP contribution in [0.25, 0.3) is 11.0 Å². The second-order valence-electron chi connectivity index (χ2n) is 8.25. The average Bonchev–Trinajstić information content (AvgIpc) is 2.98. The number of hydrogen-bond acceptors (Lipinski definition) is 4. The third kappa shape index (κ3) is 4.58. The van der Waals surface area contributed by atoms with Crippen molar-refractivity contribution in [1.82, 2.24) is 18.8 Å². The summed E-state index contributed by atoms with van der Waals surface area (Å²) in [5.41, 5.74) is 2.17. The third-order valence-electron chi connectivity index (χ3n) is 6.14. The number of benzene rings is 2. The zero-order valence-electron chi connectivity index (χ0n) is 17.7. The van der Waals surface area contributed by atoms with Gasteiger partial charge in [0.1, 0.15) is 5.82 Å². The number of nitrogens with zero attached hydrogens (tertiary/aromatic N) is 3. The highest BCUT2D eigenvalue weighted by molar-refractivity contribution is 7.89. The Morgan fingerprint density at radius 3 is 2.32 bits per heavy atom. The third-order valence-corrected chi connectivity index (χ3v) is 7.56. The summed E-state index contributed by atoms with van der Waals surface area (Å²) in [5.74, 6) is 0.0347. The van der Waals surface area contributed by atoms with Crippen molar-refractivity contribution in [3.63, 3.8) is 0 Å². The summed E-state index contributed by atoms with van der Waals surface area (Å²) in [6, 6.07) is 11.3. The molecule has 1 saturated heterocycles. The van der Waals surface area contributed by atoms with E-state index in [1.165, 1.54) is 27.3 Å². The number of nitrogens with one attached hydrogen (secondary N) is 1. The maximum atomic E-state index is 13.0. The van der Waals surface area contributed by atoms with Gasteiger partial charge in [-0.05, 0) is 67.7 Å². The van der Waals surface area contributed by atoms with E-state index in [0.717, 1.165) is 38.0 Å². The first-order chi connectivity index (χ1) is 14.7. The Morgan fingerprint density at radius 1 is 1.00 bits per heavy atom. The molecule has 1 fully saturated rings. The van der Waals surface area contributed by atoms with Gasteiger partial charge in [-0.1, -0.05) is 12.1 Å². The Kier molecular flexibility index (Phi) is 6.00. The molecule has 0 unspecified atom stereocenters. The number of hydrogen-bond donors (Lipinski definition) is 1. The van der Waals surface area contributed by atoms with Crippen molar-refractivity contribution < 1.29 is 12.8 Å². The summed E-state index contributed by atoms with van der Waals surface area (Å²) in [6.07, 6.45) is 1.80. The van der Waals surface area contributed by atoms with Gasteiger partial charge in [-0.3, -0.25) is 14.0 Å². The Bertz CT molecular complexity index is 1240. The van der Waals surface area contributed by atoms with Gasteiger partial charge >= 0.3 is 5.69 Å². The molecule has 1 aliphatic rings. The van der Waals surface area contributed by atoms with Crippen LogP contribution in [0.15, 0.2) is 52.2 Å². The number of sulfonamides is 1. The molecule has 0 aliphatic carbocycles. The normalized spacial score (nSPS) is 16.2. The lowest BCUT2D eigenvalue weighted by atomic mass is 9.97. The minimum atomic E-state index is -3.66. The zero-order chi connectivity index (χ0) is 22.2. The van der Waals surface area contributed by atoms with Crippen molar-refractivity contribution in [3.05, 3.63) is 64.3 Å². The molecular formula is C22H27FN4O3S. The van der Waals surface area contributed by atoms with Crippen LogP contribution in [0.2, 0.25) is 0 Å². The van der Waals surface area contributed by atoms with Gasteiger partial charge in [-0.2, -0.15) is 0 Å².